The van der Waals surface area contributed by atoms with Crippen molar-refractivity contribution in [1.29, 1.82) is 0 Å². The standard InChI is InChI=1S/C17H25BrO/c1-8-9-19-15-13(16(3,4)5)10-12(2)11-14(15)17(6,7)18/h8,10-11H,1,9H2,2-7H3. The average Bonchev–Trinajstić information content (AvgIpc) is 2.23. The molecule has 0 aliphatic rings. The van der Waals surface area contributed by atoms with Gasteiger partial charge in [-0.2, -0.15) is 0 Å². The van der Waals surface area contributed by atoms with Gasteiger partial charge in [0.15, 0.2) is 0 Å². The highest BCUT2D eigenvalue weighted by molar-refractivity contribution is 9.09. The van der Waals surface area contributed by atoms with Crippen LogP contribution in [0.25, 0.3) is 0 Å². The Kier molecular flexibility index (Phi) is 4.89. The van der Waals surface area contributed by atoms with Crippen molar-refractivity contribution in [3.05, 3.63) is 41.5 Å². The lowest BCUT2D eigenvalue weighted by molar-refractivity contribution is 0.344. The van der Waals surface area contributed by atoms with E-state index in [9.17, 15) is 0 Å². The van der Waals surface area contributed by atoms with Crippen molar-refractivity contribution in [1.82, 2.24) is 0 Å². The first-order valence-electron chi connectivity index (χ1n) is 6.65. The van der Waals surface area contributed by atoms with Gasteiger partial charge >= 0.3 is 0 Å². The van der Waals surface area contributed by atoms with Crippen molar-refractivity contribution in [2.45, 2.75) is 51.3 Å². The van der Waals surface area contributed by atoms with E-state index >= 15 is 0 Å². The summed E-state index contributed by atoms with van der Waals surface area (Å²) in [4.78, 5) is 0. The van der Waals surface area contributed by atoms with Gasteiger partial charge in [-0.15, -0.1) is 0 Å². The molecule has 1 aromatic rings. The van der Waals surface area contributed by atoms with Crippen LogP contribution in [0.3, 0.4) is 0 Å². The summed E-state index contributed by atoms with van der Waals surface area (Å²) in [5.41, 5.74) is 3.75. The van der Waals surface area contributed by atoms with E-state index in [-0.39, 0.29) is 9.74 Å². The molecule has 0 heterocycles. The van der Waals surface area contributed by atoms with Crippen molar-refractivity contribution in [2.24, 2.45) is 0 Å². The van der Waals surface area contributed by atoms with Crippen molar-refractivity contribution >= 4 is 15.9 Å². The first kappa shape index (κ1) is 16.3. The van der Waals surface area contributed by atoms with Gasteiger partial charge in [0, 0.05) is 15.5 Å². The Balaban J connectivity index is 3.53. The van der Waals surface area contributed by atoms with Gasteiger partial charge in [0.2, 0.25) is 0 Å². The Morgan fingerprint density at radius 3 is 2.11 bits per heavy atom. The number of benzene rings is 1. The van der Waals surface area contributed by atoms with Crippen molar-refractivity contribution in [3.63, 3.8) is 0 Å². The second kappa shape index (κ2) is 5.70. The summed E-state index contributed by atoms with van der Waals surface area (Å²) >= 11 is 3.76. The molecule has 0 aliphatic heterocycles. The van der Waals surface area contributed by atoms with E-state index in [2.05, 4.69) is 76.2 Å². The van der Waals surface area contributed by atoms with Crippen LogP contribution in [-0.2, 0) is 9.74 Å². The fraction of sp³-hybridized carbons (Fsp3) is 0.529. The van der Waals surface area contributed by atoms with Crippen LogP contribution in [0.4, 0.5) is 0 Å². The van der Waals surface area contributed by atoms with Crippen LogP contribution in [0.2, 0.25) is 0 Å². The van der Waals surface area contributed by atoms with Gasteiger partial charge in [0.25, 0.3) is 0 Å². The molecule has 0 unspecified atom stereocenters. The summed E-state index contributed by atoms with van der Waals surface area (Å²) < 4.78 is 5.86. The largest absolute Gasteiger partial charge is 0.489 e. The SMILES string of the molecule is C=CCOc1c(C(C)(C)C)cc(C)cc1C(C)(C)Br. The van der Waals surface area contributed by atoms with Crippen LogP contribution < -0.4 is 4.74 Å². The first-order valence-corrected chi connectivity index (χ1v) is 7.45. The van der Waals surface area contributed by atoms with Crippen LogP contribution in [0.5, 0.6) is 5.75 Å². The van der Waals surface area contributed by atoms with Gasteiger partial charge < -0.3 is 4.74 Å². The van der Waals surface area contributed by atoms with Gasteiger partial charge in [-0.05, 0) is 26.2 Å². The first-order chi connectivity index (χ1) is 8.57. The molecule has 0 saturated carbocycles. The summed E-state index contributed by atoms with van der Waals surface area (Å²) in [5.74, 6) is 0.986. The zero-order valence-corrected chi connectivity index (χ0v) is 14.5. The second-order valence-electron chi connectivity index (χ2n) is 6.51. The Hall–Kier alpha value is -0.760. The third-order valence-electron chi connectivity index (χ3n) is 3.03. The van der Waals surface area contributed by atoms with E-state index in [4.69, 9.17) is 4.74 Å². The number of hydrogen-bond acceptors (Lipinski definition) is 1. The van der Waals surface area contributed by atoms with Gasteiger partial charge in [-0.1, -0.05) is 67.1 Å². The monoisotopic (exact) mass is 324 g/mol. The molecule has 106 valence electrons. The molecule has 0 radical (unpaired) electrons. The molecule has 1 rings (SSSR count). The summed E-state index contributed by atoms with van der Waals surface area (Å²) in [5, 5.41) is 0. The van der Waals surface area contributed by atoms with E-state index in [0.717, 1.165) is 5.75 Å². The lowest BCUT2D eigenvalue weighted by Gasteiger charge is -2.29. The van der Waals surface area contributed by atoms with E-state index in [1.165, 1.54) is 16.7 Å². The van der Waals surface area contributed by atoms with Crippen LogP contribution in [0, 0.1) is 6.92 Å². The molecule has 0 saturated heterocycles. The number of rotatable bonds is 4. The maximum atomic E-state index is 5.98. The van der Waals surface area contributed by atoms with E-state index < -0.39 is 0 Å². The number of ether oxygens (including phenoxy) is 1. The molecule has 0 aliphatic carbocycles. The molecule has 0 spiro atoms. The average molecular weight is 325 g/mol. The summed E-state index contributed by atoms with van der Waals surface area (Å²) in [7, 11) is 0. The van der Waals surface area contributed by atoms with Gasteiger partial charge in [-0.25, -0.2) is 0 Å². The molecule has 0 fully saturated rings. The maximum Gasteiger partial charge on any atom is 0.128 e. The molecular formula is C17H25BrO. The van der Waals surface area contributed by atoms with E-state index in [1.54, 1.807) is 6.08 Å². The Bertz CT molecular complexity index is 426. The minimum absolute atomic E-state index is 0.0511. The Morgan fingerprint density at radius 1 is 1.16 bits per heavy atom. The zero-order chi connectivity index (χ0) is 14.8. The normalized spacial score (nSPS) is 12.4. The summed E-state index contributed by atoms with van der Waals surface area (Å²) in [6.07, 6.45) is 1.79. The molecule has 0 atom stereocenters. The molecule has 0 amide bonds. The Labute approximate surface area is 126 Å². The second-order valence-corrected chi connectivity index (χ2v) is 8.49. The van der Waals surface area contributed by atoms with Crippen molar-refractivity contribution in [3.8, 4) is 5.75 Å². The fourth-order valence-corrected chi connectivity index (χ4v) is 2.36. The zero-order valence-electron chi connectivity index (χ0n) is 12.9. The smallest absolute Gasteiger partial charge is 0.128 e. The highest BCUT2D eigenvalue weighted by Crippen LogP contribution is 2.43. The lowest BCUT2D eigenvalue weighted by atomic mass is 9.82. The molecule has 1 nitrogen and oxygen atoms in total. The van der Waals surface area contributed by atoms with Crippen LogP contribution >= 0.6 is 15.9 Å². The van der Waals surface area contributed by atoms with Crippen LogP contribution in [0.15, 0.2) is 24.8 Å². The van der Waals surface area contributed by atoms with E-state index in [0.29, 0.717) is 6.61 Å². The lowest BCUT2D eigenvalue weighted by Crippen LogP contribution is -2.18. The molecule has 1 aromatic carbocycles. The van der Waals surface area contributed by atoms with Crippen LogP contribution in [-0.4, -0.2) is 6.61 Å². The highest BCUT2D eigenvalue weighted by atomic mass is 79.9. The topological polar surface area (TPSA) is 9.23 Å². The van der Waals surface area contributed by atoms with Crippen LogP contribution in [0.1, 0.15) is 51.3 Å². The van der Waals surface area contributed by atoms with Crippen molar-refractivity contribution in [2.75, 3.05) is 6.61 Å². The predicted octanol–water partition coefficient (Wildman–Crippen LogP) is 5.49. The summed E-state index contributed by atoms with van der Waals surface area (Å²) in [6, 6.07) is 4.42. The van der Waals surface area contributed by atoms with Crippen molar-refractivity contribution < 1.29 is 4.74 Å². The number of aryl methyl sites for hydroxylation is 1. The molecule has 0 aromatic heterocycles. The molecular weight excluding hydrogens is 300 g/mol. The van der Waals surface area contributed by atoms with Gasteiger partial charge in [0.1, 0.15) is 12.4 Å². The highest BCUT2D eigenvalue weighted by Gasteiger charge is 2.28. The molecule has 0 bridgehead atoms. The number of alkyl halides is 1. The van der Waals surface area contributed by atoms with Gasteiger partial charge in [0.05, 0.1) is 0 Å². The fourth-order valence-electron chi connectivity index (χ4n) is 2.07. The third-order valence-corrected chi connectivity index (χ3v) is 3.45. The summed E-state index contributed by atoms with van der Waals surface area (Å²) in [6.45, 7) is 17.3. The number of halogens is 1. The maximum absolute atomic E-state index is 5.98. The molecule has 2 heteroatoms. The molecule has 0 N–H and O–H groups in total. The Morgan fingerprint density at radius 2 is 1.68 bits per heavy atom. The quantitative estimate of drug-likeness (QED) is 0.525. The molecule has 19 heavy (non-hydrogen) atoms. The minimum Gasteiger partial charge on any atom is -0.489 e. The minimum atomic E-state index is -0.116. The third kappa shape index (κ3) is 4.10. The van der Waals surface area contributed by atoms with E-state index in [1.807, 2.05) is 0 Å². The number of hydrogen-bond donors (Lipinski definition) is 0. The predicted molar refractivity (Wildman–Crippen MR) is 87.5 cm³/mol. The van der Waals surface area contributed by atoms with Gasteiger partial charge in [-0.3, -0.25) is 0 Å².